The Balaban J connectivity index is 1.96. The molecular formula is C15H19NO3. The summed E-state index contributed by atoms with van der Waals surface area (Å²) in [7, 11) is 1.83. The van der Waals surface area contributed by atoms with Gasteiger partial charge in [-0.15, -0.1) is 0 Å². The molecule has 1 N–H and O–H groups in total. The maximum Gasteiger partial charge on any atom is 0.173 e. The molecule has 4 nitrogen and oxygen atoms in total. The second-order valence-corrected chi connectivity index (χ2v) is 4.80. The fraction of sp³-hybridized carbons (Fsp3) is 0.467. The van der Waals surface area contributed by atoms with Crippen LogP contribution in [0.25, 0.3) is 0 Å². The van der Waals surface area contributed by atoms with E-state index < -0.39 is 0 Å². The highest BCUT2D eigenvalue weighted by Gasteiger charge is 2.29. The largest absolute Gasteiger partial charge is 0.486 e. The van der Waals surface area contributed by atoms with Gasteiger partial charge in [-0.1, -0.05) is 6.07 Å². The lowest BCUT2D eigenvalue weighted by molar-refractivity contribution is -0.122. The van der Waals surface area contributed by atoms with E-state index in [-0.39, 0.29) is 18.3 Å². The maximum absolute atomic E-state index is 11.6. The smallest absolute Gasteiger partial charge is 0.173 e. The molecule has 0 unspecified atom stereocenters. The third-order valence-corrected chi connectivity index (χ3v) is 3.30. The monoisotopic (exact) mass is 261 g/mol. The standard InChI is InChI=1S/C15H19NO3/c1-16-14-9-13(7-6-11(14)3-2-8-17)19-10-15(18)12-4-5-12/h6-9,12,16H,2-5,10H2,1H3. The number of aldehydes is 1. The van der Waals surface area contributed by atoms with E-state index in [1.165, 1.54) is 0 Å². The van der Waals surface area contributed by atoms with E-state index >= 15 is 0 Å². The average Bonchev–Trinajstić information content (AvgIpc) is 3.27. The van der Waals surface area contributed by atoms with Crippen LogP contribution in [0.4, 0.5) is 5.69 Å². The quantitative estimate of drug-likeness (QED) is 0.729. The van der Waals surface area contributed by atoms with E-state index in [9.17, 15) is 9.59 Å². The molecule has 0 radical (unpaired) electrons. The topological polar surface area (TPSA) is 55.4 Å². The molecule has 0 aromatic heterocycles. The van der Waals surface area contributed by atoms with Crippen LogP contribution in [0.1, 0.15) is 24.8 Å². The van der Waals surface area contributed by atoms with Gasteiger partial charge >= 0.3 is 0 Å². The summed E-state index contributed by atoms with van der Waals surface area (Å²) < 4.78 is 5.51. The van der Waals surface area contributed by atoms with Gasteiger partial charge in [0.15, 0.2) is 5.78 Å². The summed E-state index contributed by atoms with van der Waals surface area (Å²) in [5.41, 5.74) is 2.02. The van der Waals surface area contributed by atoms with Crippen LogP contribution in [0.5, 0.6) is 5.75 Å². The summed E-state index contributed by atoms with van der Waals surface area (Å²) in [5.74, 6) is 1.11. The molecule has 1 saturated carbocycles. The van der Waals surface area contributed by atoms with Crippen molar-refractivity contribution in [3.63, 3.8) is 0 Å². The highest BCUT2D eigenvalue weighted by atomic mass is 16.5. The van der Waals surface area contributed by atoms with Crippen LogP contribution in [-0.2, 0) is 16.0 Å². The summed E-state index contributed by atoms with van der Waals surface area (Å²) in [5, 5.41) is 3.09. The van der Waals surface area contributed by atoms with Gasteiger partial charge in [0.25, 0.3) is 0 Å². The molecule has 0 spiro atoms. The Morgan fingerprint density at radius 3 is 2.89 bits per heavy atom. The first-order chi connectivity index (χ1) is 9.24. The first kappa shape index (κ1) is 13.6. The molecule has 1 fully saturated rings. The Bertz CT molecular complexity index is 466. The lowest BCUT2D eigenvalue weighted by Gasteiger charge is -2.11. The van der Waals surface area contributed by atoms with E-state index in [0.29, 0.717) is 18.6 Å². The summed E-state index contributed by atoms with van der Waals surface area (Å²) in [4.78, 5) is 22.0. The Morgan fingerprint density at radius 1 is 1.47 bits per heavy atom. The zero-order chi connectivity index (χ0) is 13.7. The third-order valence-electron chi connectivity index (χ3n) is 3.30. The predicted octanol–water partition coefficient (Wildman–Crippen LogP) is 2.22. The van der Waals surface area contributed by atoms with Crippen molar-refractivity contribution in [2.45, 2.75) is 25.7 Å². The molecule has 1 aliphatic carbocycles. The van der Waals surface area contributed by atoms with Crippen molar-refractivity contribution < 1.29 is 14.3 Å². The number of carbonyl (C=O) groups is 2. The minimum absolute atomic E-state index is 0.154. The van der Waals surface area contributed by atoms with Gasteiger partial charge in [0.05, 0.1) is 0 Å². The number of anilines is 1. The average molecular weight is 261 g/mol. The first-order valence-electron chi connectivity index (χ1n) is 6.64. The van der Waals surface area contributed by atoms with Gasteiger partial charge in [0, 0.05) is 31.1 Å². The molecule has 1 aromatic carbocycles. The number of rotatable bonds is 8. The molecule has 102 valence electrons. The number of benzene rings is 1. The molecule has 0 bridgehead atoms. The van der Waals surface area contributed by atoms with Gasteiger partial charge in [-0.05, 0) is 30.9 Å². The highest BCUT2D eigenvalue weighted by molar-refractivity contribution is 5.84. The van der Waals surface area contributed by atoms with E-state index in [0.717, 1.165) is 30.4 Å². The molecule has 0 atom stereocenters. The van der Waals surface area contributed by atoms with Gasteiger partial charge in [-0.3, -0.25) is 4.79 Å². The Morgan fingerprint density at radius 2 is 2.26 bits per heavy atom. The predicted molar refractivity (Wildman–Crippen MR) is 73.6 cm³/mol. The number of hydrogen-bond donors (Lipinski definition) is 1. The van der Waals surface area contributed by atoms with Gasteiger partial charge in [-0.2, -0.15) is 0 Å². The zero-order valence-corrected chi connectivity index (χ0v) is 11.1. The fourth-order valence-corrected chi connectivity index (χ4v) is 1.99. The Hall–Kier alpha value is -1.84. The second kappa shape index (κ2) is 6.36. The van der Waals surface area contributed by atoms with Crippen molar-refractivity contribution in [3.05, 3.63) is 23.8 Å². The molecule has 4 heteroatoms. The molecule has 1 aliphatic rings. The molecule has 0 aliphatic heterocycles. The van der Waals surface area contributed by atoms with Crippen molar-refractivity contribution in [2.75, 3.05) is 19.0 Å². The van der Waals surface area contributed by atoms with E-state index in [1.54, 1.807) is 0 Å². The maximum atomic E-state index is 11.6. The summed E-state index contributed by atoms with van der Waals surface area (Å²) in [6.45, 7) is 0.154. The summed E-state index contributed by atoms with van der Waals surface area (Å²) in [6, 6.07) is 5.66. The number of carbonyl (C=O) groups excluding carboxylic acids is 2. The van der Waals surface area contributed by atoms with Crippen LogP contribution in [0.15, 0.2) is 18.2 Å². The number of ketones is 1. The summed E-state index contributed by atoms with van der Waals surface area (Å²) in [6.07, 6.45) is 4.15. The van der Waals surface area contributed by atoms with Gasteiger partial charge in [0.2, 0.25) is 0 Å². The lowest BCUT2D eigenvalue weighted by atomic mass is 10.1. The molecule has 19 heavy (non-hydrogen) atoms. The van der Waals surface area contributed by atoms with Crippen molar-refractivity contribution in [2.24, 2.45) is 5.92 Å². The second-order valence-electron chi connectivity index (χ2n) is 4.80. The minimum atomic E-state index is 0.154. The zero-order valence-electron chi connectivity index (χ0n) is 11.1. The summed E-state index contributed by atoms with van der Waals surface area (Å²) >= 11 is 0. The van der Waals surface area contributed by atoms with Crippen molar-refractivity contribution in [3.8, 4) is 5.75 Å². The highest BCUT2D eigenvalue weighted by Crippen LogP contribution is 2.30. The minimum Gasteiger partial charge on any atom is -0.486 e. The van der Waals surface area contributed by atoms with Gasteiger partial charge < -0.3 is 14.8 Å². The molecule has 1 aromatic rings. The molecular weight excluding hydrogens is 242 g/mol. The molecule has 0 heterocycles. The van der Waals surface area contributed by atoms with Crippen LogP contribution < -0.4 is 10.1 Å². The third kappa shape index (κ3) is 3.81. The van der Waals surface area contributed by atoms with Gasteiger partial charge in [-0.25, -0.2) is 0 Å². The van der Waals surface area contributed by atoms with Crippen molar-refractivity contribution in [1.82, 2.24) is 0 Å². The molecule has 2 rings (SSSR count). The number of hydrogen-bond acceptors (Lipinski definition) is 4. The lowest BCUT2D eigenvalue weighted by Crippen LogP contribution is -2.13. The Labute approximate surface area is 113 Å². The fourth-order valence-electron chi connectivity index (χ4n) is 1.99. The van der Waals surface area contributed by atoms with Crippen LogP contribution in [-0.4, -0.2) is 25.7 Å². The number of aryl methyl sites for hydroxylation is 1. The Kier molecular flexibility index (Phi) is 4.55. The SMILES string of the molecule is CNc1cc(OCC(=O)C2CC2)ccc1CCC=O. The number of nitrogens with one attached hydrogen (secondary N) is 1. The van der Waals surface area contributed by atoms with Crippen LogP contribution in [0, 0.1) is 5.92 Å². The van der Waals surface area contributed by atoms with E-state index in [2.05, 4.69) is 5.32 Å². The number of Topliss-reactive ketones (excluding diaryl/α,β-unsaturated/α-hetero) is 1. The van der Waals surface area contributed by atoms with Gasteiger partial charge in [0.1, 0.15) is 18.6 Å². The van der Waals surface area contributed by atoms with Crippen molar-refractivity contribution in [1.29, 1.82) is 0 Å². The van der Waals surface area contributed by atoms with Crippen LogP contribution in [0.3, 0.4) is 0 Å². The number of ether oxygens (including phenoxy) is 1. The first-order valence-corrected chi connectivity index (χ1v) is 6.64. The van der Waals surface area contributed by atoms with E-state index in [1.807, 2.05) is 25.2 Å². The van der Waals surface area contributed by atoms with Crippen LogP contribution in [0.2, 0.25) is 0 Å². The normalized spacial score (nSPS) is 13.9. The van der Waals surface area contributed by atoms with E-state index in [4.69, 9.17) is 4.74 Å². The van der Waals surface area contributed by atoms with Crippen LogP contribution >= 0.6 is 0 Å². The molecule has 0 amide bonds. The molecule has 0 saturated heterocycles. The van der Waals surface area contributed by atoms with Crippen molar-refractivity contribution >= 4 is 17.8 Å².